The number of ether oxygens (including phenoxy) is 1. The van der Waals surface area contributed by atoms with E-state index in [1.165, 1.54) is 5.56 Å². The van der Waals surface area contributed by atoms with Crippen molar-refractivity contribution in [2.45, 2.75) is 37.1 Å². The molecule has 1 amide bonds. The SMILES string of the molecule is N[C@@H](Cc1cnc[nH]1)C(=O)N[C@H]1C[C@H]2CO[C@@H](c3ccccc3)CN2C1. The van der Waals surface area contributed by atoms with Gasteiger partial charge in [-0.15, -0.1) is 0 Å². The van der Waals surface area contributed by atoms with E-state index in [0.717, 1.165) is 25.2 Å². The molecule has 0 saturated carbocycles. The first-order valence-electron chi connectivity index (χ1n) is 9.13. The van der Waals surface area contributed by atoms with E-state index in [0.29, 0.717) is 19.1 Å². The number of carbonyl (C=O) groups excluding carboxylic acids is 1. The number of hydrogen-bond donors (Lipinski definition) is 3. The standard InChI is InChI=1S/C19H25N5O2/c20-17(7-14-8-21-12-22-14)19(25)23-15-6-16-11-26-18(10-24(16)9-15)13-4-2-1-3-5-13/h1-5,8,12,15-18H,6-7,9-11,20H2,(H,21,22)(H,23,25)/t15-,16-,17-,18+/m0/s1. The minimum atomic E-state index is -0.568. The number of amides is 1. The number of rotatable bonds is 5. The molecule has 138 valence electrons. The highest BCUT2D eigenvalue weighted by molar-refractivity contribution is 5.82. The Balaban J connectivity index is 1.30. The third kappa shape index (κ3) is 3.80. The van der Waals surface area contributed by atoms with E-state index < -0.39 is 6.04 Å². The van der Waals surface area contributed by atoms with Gasteiger partial charge >= 0.3 is 0 Å². The monoisotopic (exact) mass is 355 g/mol. The highest BCUT2D eigenvalue weighted by Crippen LogP contribution is 2.30. The lowest BCUT2D eigenvalue weighted by Crippen LogP contribution is -2.47. The summed E-state index contributed by atoms with van der Waals surface area (Å²) in [7, 11) is 0. The Hall–Kier alpha value is -2.22. The van der Waals surface area contributed by atoms with E-state index in [-0.39, 0.29) is 18.1 Å². The van der Waals surface area contributed by atoms with Crippen molar-refractivity contribution in [2.24, 2.45) is 5.73 Å². The molecule has 4 rings (SSSR count). The number of nitrogens with one attached hydrogen (secondary N) is 2. The summed E-state index contributed by atoms with van der Waals surface area (Å²) < 4.78 is 6.06. The zero-order chi connectivity index (χ0) is 17.9. The first-order valence-corrected chi connectivity index (χ1v) is 9.13. The molecule has 2 aliphatic heterocycles. The lowest BCUT2D eigenvalue weighted by molar-refractivity contribution is -0.123. The largest absolute Gasteiger partial charge is 0.371 e. The van der Waals surface area contributed by atoms with Gasteiger partial charge in [-0.2, -0.15) is 0 Å². The number of H-pyrrole nitrogens is 1. The lowest BCUT2D eigenvalue weighted by Gasteiger charge is -2.35. The van der Waals surface area contributed by atoms with E-state index in [4.69, 9.17) is 10.5 Å². The quantitative estimate of drug-likeness (QED) is 0.730. The van der Waals surface area contributed by atoms with Crippen LogP contribution in [0.4, 0.5) is 0 Å². The number of morpholine rings is 1. The number of aromatic nitrogens is 2. The third-order valence-electron chi connectivity index (χ3n) is 5.27. The van der Waals surface area contributed by atoms with Crippen LogP contribution in [0.15, 0.2) is 42.9 Å². The number of hydrogen-bond acceptors (Lipinski definition) is 5. The Labute approximate surface area is 152 Å². The van der Waals surface area contributed by atoms with E-state index >= 15 is 0 Å². The second-order valence-electron chi connectivity index (χ2n) is 7.17. The topological polar surface area (TPSA) is 96.3 Å². The highest BCUT2D eigenvalue weighted by Gasteiger charge is 2.38. The molecule has 0 unspecified atom stereocenters. The van der Waals surface area contributed by atoms with Gasteiger partial charge in [-0.1, -0.05) is 30.3 Å². The van der Waals surface area contributed by atoms with Crippen molar-refractivity contribution in [2.75, 3.05) is 19.7 Å². The molecule has 4 N–H and O–H groups in total. The molecule has 1 aromatic heterocycles. The Morgan fingerprint density at radius 2 is 2.23 bits per heavy atom. The smallest absolute Gasteiger partial charge is 0.237 e. The summed E-state index contributed by atoms with van der Waals surface area (Å²) in [5.74, 6) is -0.107. The average molecular weight is 355 g/mol. The molecule has 3 heterocycles. The van der Waals surface area contributed by atoms with Crippen LogP contribution in [0.3, 0.4) is 0 Å². The predicted molar refractivity (Wildman–Crippen MR) is 97.3 cm³/mol. The zero-order valence-corrected chi connectivity index (χ0v) is 14.7. The van der Waals surface area contributed by atoms with Crippen LogP contribution in [0.25, 0.3) is 0 Å². The maximum Gasteiger partial charge on any atom is 0.237 e. The number of imidazole rings is 1. The molecule has 2 saturated heterocycles. The van der Waals surface area contributed by atoms with Crippen LogP contribution in [0.5, 0.6) is 0 Å². The minimum Gasteiger partial charge on any atom is -0.371 e. The summed E-state index contributed by atoms with van der Waals surface area (Å²) in [6.45, 7) is 2.41. The van der Waals surface area contributed by atoms with Gasteiger partial charge in [0.05, 0.1) is 25.1 Å². The molecule has 7 nitrogen and oxygen atoms in total. The fraction of sp³-hybridized carbons (Fsp3) is 0.474. The second kappa shape index (κ2) is 7.57. The van der Waals surface area contributed by atoms with E-state index in [2.05, 4.69) is 32.3 Å². The zero-order valence-electron chi connectivity index (χ0n) is 14.7. The van der Waals surface area contributed by atoms with Crippen molar-refractivity contribution >= 4 is 5.91 Å². The number of nitrogens with zero attached hydrogens (tertiary/aromatic N) is 2. The van der Waals surface area contributed by atoms with Crippen molar-refractivity contribution in [3.63, 3.8) is 0 Å². The highest BCUT2D eigenvalue weighted by atomic mass is 16.5. The normalized spacial score (nSPS) is 27.0. The van der Waals surface area contributed by atoms with Crippen LogP contribution in [0.2, 0.25) is 0 Å². The molecule has 2 aliphatic rings. The molecule has 26 heavy (non-hydrogen) atoms. The summed E-state index contributed by atoms with van der Waals surface area (Å²) in [5.41, 5.74) is 8.11. The Morgan fingerprint density at radius 3 is 3.00 bits per heavy atom. The van der Waals surface area contributed by atoms with Crippen LogP contribution in [-0.2, 0) is 16.0 Å². The molecular weight excluding hydrogens is 330 g/mol. The van der Waals surface area contributed by atoms with Crippen LogP contribution >= 0.6 is 0 Å². The van der Waals surface area contributed by atoms with Crippen molar-refractivity contribution < 1.29 is 9.53 Å². The van der Waals surface area contributed by atoms with Crippen LogP contribution in [-0.4, -0.2) is 58.6 Å². The molecule has 0 bridgehead atoms. The summed E-state index contributed by atoms with van der Waals surface area (Å²) in [5, 5.41) is 3.11. The third-order valence-corrected chi connectivity index (χ3v) is 5.27. The first kappa shape index (κ1) is 17.2. The van der Waals surface area contributed by atoms with E-state index in [9.17, 15) is 4.79 Å². The maximum atomic E-state index is 12.4. The summed E-state index contributed by atoms with van der Waals surface area (Å²) in [4.78, 5) is 21.8. The number of benzene rings is 1. The fourth-order valence-corrected chi connectivity index (χ4v) is 3.88. The summed E-state index contributed by atoms with van der Waals surface area (Å²) in [6, 6.07) is 10.2. The van der Waals surface area contributed by atoms with Gasteiger partial charge in [0.1, 0.15) is 0 Å². The molecule has 1 aromatic carbocycles. The van der Waals surface area contributed by atoms with Crippen LogP contribution in [0.1, 0.15) is 23.8 Å². The first-order chi connectivity index (χ1) is 12.7. The van der Waals surface area contributed by atoms with Gasteiger partial charge in [0.2, 0.25) is 5.91 Å². The number of carbonyl (C=O) groups is 1. The number of fused-ring (bicyclic) bond motifs is 1. The Bertz CT molecular complexity index is 721. The molecule has 2 fully saturated rings. The second-order valence-corrected chi connectivity index (χ2v) is 7.17. The molecule has 4 atom stereocenters. The van der Waals surface area contributed by atoms with Crippen molar-refractivity contribution in [1.82, 2.24) is 20.2 Å². The van der Waals surface area contributed by atoms with Gasteiger partial charge in [-0.25, -0.2) is 4.98 Å². The fourth-order valence-electron chi connectivity index (χ4n) is 3.88. The van der Waals surface area contributed by atoms with Crippen molar-refractivity contribution in [3.05, 3.63) is 54.1 Å². The van der Waals surface area contributed by atoms with Crippen molar-refractivity contribution in [3.8, 4) is 0 Å². The van der Waals surface area contributed by atoms with E-state index in [1.807, 2.05) is 18.2 Å². The predicted octanol–water partition coefficient (Wildman–Crippen LogP) is 0.610. The van der Waals surface area contributed by atoms with Gasteiger partial charge in [-0.3, -0.25) is 9.69 Å². The molecule has 7 heteroatoms. The summed E-state index contributed by atoms with van der Waals surface area (Å²) >= 11 is 0. The van der Waals surface area contributed by atoms with Crippen molar-refractivity contribution in [1.29, 1.82) is 0 Å². The number of nitrogens with two attached hydrogens (primary N) is 1. The molecule has 0 spiro atoms. The molecular formula is C19H25N5O2. The van der Waals surface area contributed by atoms with Gasteiger partial charge < -0.3 is 20.8 Å². The minimum absolute atomic E-state index is 0.101. The lowest BCUT2D eigenvalue weighted by atomic mass is 10.1. The van der Waals surface area contributed by atoms with Crippen LogP contribution < -0.4 is 11.1 Å². The number of aromatic amines is 1. The molecule has 2 aromatic rings. The van der Waals surface area contributed by atoms with E-state index in [1.54, 1.807) is 12.5 Å². The average Bonchev–Trinajstić information content (AvgIpc) is 3.30. The van der Waals surface area contributed by atoms with Gasteiger partial charge in [0, 0.05) is 43.5 Å². The Morgan fingerprint density at radius 1 is 1.38 bits per heavy atom. The van der Waals surface area contributed by atoms with Gasteiger partial charge in [0.15, 0.2) is 0 Å². The van der Waals surface area contributed by atoms with Crippen LogP contribution in [0, 0.1) is 0 Å². The van der Waals surface area contributed by atoms with Gasteiger partial charge in [-0.05, 0) is 12.0 Å². The maximum absolute atomic E-state index is 12.4. The summed E-state index contributed by atoms with van der Waals surface area (Å²) in [6.07, 6.45) is 4.77. The molecule has 0 radical (unpaired) electrons. The Kier molecular flexibility index (Phi) is 5.01. The molecule has 0 aliphatic carbocycles. The van der Waals surface area contributed by atoms with Gasteiger partial charge in [0.25, 0.3) is 0 Å².